The van der Waals surface area contributed by atoms with E-state index in [2.05, 4.69) is 34.1 Å². The molecule has 0 radical (unpaired) electrons. The molecule has 0 aromatic heterocycles. The van der Waals surface area contributed by atoms with Crippen LogP contribution in [0.15, 0.2) is 24.3 Å². The van der Waals surface area contributed by atoms with Crippen LogP contribution in [0.5, 0.6) is 0 Å². The van der Waals surface area contributed by atoms with Crippen LogP contribution in [0.1, 0.15) is 43.4 Å². The number of benzene rings is 1. The number of nitrogens with zero attached hydrogens (tertiary/aromatic N) is 2. The van der Waals surface area contributed by atoms with Gasteiger partial charge < -0.3 is 4.90 Å². The molecule has 3 unspecified atom stereocenters. The van der Waals surface area contributed by atoms with Gasteiger partial charge in [-0.3, -0.25) is 9.69 Å². The van der Waals surface area contributed by atoms with Crippen LogP contribution in [-0.2, 0) is 11.2 Å². The number of piperidine rings is 2. The molecule has 112 valence electrons. The van der Waals surface area contributed by atoms with Crippen LogP contribution in [0.25, 0.3) is 0 Å². The third-order valence-electron chi connectivity index (χ3n) is 5.78. The summed E-state index contributed by atoms with van der Waals surface area (Å²) in [4.78, 5) is 16.8. The molecule has 3 aliphatic rings. The Kier molecular flexibility index (Phi) is 3.26. The summed E-state index contributed by atoms with van der Waals surface area (Å²) in [7, 11) is 0. The highest BCUT2D eigenvalue weighted by atomic mass is 16.2. The van der Waals surface area contributed by atoms with Gasteiger partial charge in [0.25, 0.3) is 0 Å². The molecule has 1 amide bonds. The van der Waals surface area contributed by atoms with Crippen molar-refractivity contribution in [3.8, 4) is 0 Å². The fourth-order valence-electron chi connectivity index (χ4n) is 4.79. The number of amides is 1. The van der Waals surface area contributed by atoms with Crippen LogP contribution >= 0.6 is 0 Å². The lowest BCUT2D eigenvalue weighted by atomic mass is 9.76. The highest BCUT2D eigenvalue weighted by Crippen LogP contribution is 2.42. The van der Waals surface area contributed by atoms with Gasteiger partial charge in [-0.1, -0.05) is 24.3 Å². The number of likely N-dealkylation sites (tertiary alicyclic amines) is 1. The van der Waals surface area contributed by atoms with E-state index in [0.717, 1.165) is 13.0 Å². The zero-order valence-electron chi connectivity index (χ0n) is 12.8. The van der Waals surface area contributed by atoms with E-state index in [1.165, 1.54) is 43.5 Å². The second kappa shape index (κ2) is 5.13. The number of fused-ring (bicyclic) bond motifs is 4. The molecule has 0 spiro atoms. The normalized spacial score (nSPS) is 32.0. The van der Waals surface area contributed by atoms with Crippen molar-refractivity contribution >= 4 is 5.91 Å². The molecule has 2 fully saturated rings. The Morgan fingerprint density at radius 1 is 1.24 bits per heavy atom. The fourth-order valence-corrected chi connectivity index (χ4v) is 4.79. The van der Waals surface area contributed by atoms with E-state index < -0.39 is 0 Å². The van der Waals surface area contributed by atoms with Gasteiger partial charge in [-0.25, -0.2) is 0 Å². The molecule has 0 aliphatic carbocycles. The van der Waals surface area contributed by atoms with Crippen molar-refractivity contribution in [1.82, 2.24) is 9.80 Å². The smallest absolute Gasteiger partial charge is 0.219 e. The first-order valence-corrected chi connectivity index (χ1v) is 8.33. The Morgan fingerprint density at radius 3 is 2.95 bits per heavy atom. The van der Waals surface area contributed by atoms with Crippen LogP contribution in [-0.4, -0.2) is 41.4 Å². The van der Waals surface area contributed by atoms with Crippen molar-refractivity contribution in [2.45, 2.75) is 44.7 Å². The Bertz CT molecular complexity index is 556. The third-order valence-corrected chi connectivity index (χ3v) is 5.78. The number of carbonyl (C=O) groups excluding carboxylic acids is 1. The van der Waals surface area contributed by atoms with Crippen LogP contribution in [0, 0.1) is 5.92 Å². The van der Waals surface area contributed by atoms with Crippen molar-refractivity contribution in [1.29, 1.82) is 0 Å². The molecule has 4 rings (SSSR count). The molecular formula is C18H24N2O. The molecule has 3 heteroatoms. The minimum absolute atomic E-state index is 0.266. The summed E-state index contributed by atoms with van der Waals surface area (Å²) < 4.78 is 0. The molecule has 1 aromatic carbocycles. The predicted octanol–water partition coefficient (Wildman–Crippen LogP) is 2.62. The second-order valence-corrected chi connectivity index (χ2v) is 6.88. The highest BCUT2D eigenvalue weighted by Gasteiger charge is 2.43. The van der Waals surface area contributed by atoms with E-state index in [1.807, 2.05) is 0 Å². The average molecular weight is 284 g/mol. The minimum Gasteiger partial charge on any atom is -0.340 e. The second-order valence-electron chi connectivity index (χ2n) is 6.88. The summed E-state index contributed by atoms with van der Waals surface area (Å²) in [5.74, 6) is 0.950. The van der Waals surface area contributed by atoms with Crippen LogP contribution in [0.4, 0.5) is 0 Å². The van der Waals surface area contributed by atoms with E-state index in [-0.39, 0.29) is 5.91 Å². The Balaban J connectivity index is 1.65. The summed E-state index contributed by atoms with van der Waals surface area (Å²) in [6.45, 7) is 5.06. The van der Waals surface area contributed by atoms with E-state index in [1.54, 1.807) is 6.92 Å². The number of hydrogen-bond acceptors (Lipinski definition) is 2. The molecule has 3 atom stereocenters. The molecule has 0 N–H and O–H groups in total. The van der Waals surface area contributed by atoms with E-state index >= 15 is 0 Å². The van der Waals surface area contributed by atoms with E-state index in [4.69, 9.17) is 0 Å². The summed E-state index contributed by atoms with van der Waals surface area (Å²) in [5, 5.41) is 0. The zero-order valence-corrected chi connectivity index (χ0v) is 12.8. The summed E-state index contributed by atoms with van der Waals surface area (Å²) in [5.41, 5.74) is 3.03. The van der Waals surface area contributed by atoms with Crippen molar-refractivity contribution < 1.29 is 4.79 Å². The first-order chi connectivity index (χ1) is 10.2. The van der Waals surface area contributed by atoms with Crippen LogP contribution in [0.2, 0.25) is 0 Å². The largest absolute Gasteiger partial charge is 0.340 e. The predicted molar refractivity (Wildman–Crippen MR) is 83.0 cm³/mol. The number of hydrogen-bond donors (Lipinski definition) is 0. The standard InChI is InChI=1S/C18H24N2O/c1-13(21)20-9-4-6-15-12-19-10-8-14-5-2-3-7-16(14)18(19)11-17(15)20/h2-3,5,7,15,17-18H,4,6,8-12H2,1H3. The van der Waals surface area contributed by atoms with Gasteiger partial charge in [0, 0.05) is 38.6 Å². The van der Waals surface area contributed by atoms with E-state index in [0.29, 0.717) is 18.0 Å². The number of rotatable bonds is 0. The Morgan fingerprint density at radius 2 is 2.10 bits per heavy atom. The fraction of sp³-hybridized carbons (Fsp3) is 0.611. The van der Waals surface area contributed by atoms with Gasteiger partial charge in [-0.15, -0.1) is 0 Å². The Hall–Kier alpha value is -1.35. The van der Waals surface area contributed by atoms with Gasteiger partial charge in [-0.2, -0.15) is 0 Å². The lowest BCUT2D eigenvalue weighted by molar-refractivity contribution is -0.137. The summed E-state index contributed by atoms with van der Waals surface area (Å²) >= 11 is 0. The van der Waals surface area contributed by atoms with Crippen molar-refractivity contribution in [3.63, 3.8) is 0 Å². The molecule has 21 heavy (non-hydrogen) atoms. The van der Waals surface area contributed by atoms with Crippen molar-refractivity contribution in [2.75, 3.05) is 19.6 Å². The van der Waals surface area contributed by atoms with Crippen LogP contribution in [0.3, 0.4) is 0 Å². The molecule has 1 aromatic rings. The zero-order chi connectivity index (χ0) is 14.4. The topological polar surface area (TPSA) is 23.6 Å². The highest BCUT2D eigenvalue weighted by molar-refractivity contribution is 5.73. The molecule has 3 aliphatic heterocycles. The lowest BCUT2D eigenvalue weighted by Gasteiger charge is -2.52. The first kappa shape index (κ1) is 13.3. The minimum atomic E-state index is 0.266. The van der Waals surface area contributed by atoms with Gasteiger partial charge in [0.05, 0.1) is 0 Å². The Labute approximate surface area is 126 Å². The maximum atomic E-state index is 12.0. The van der Waals surface area contributed by atoms with Gasteiger partial charge in [0.1, 0.15) is 0 Å². The first-order valence-electron chi connectivity index (χ1n) is 8.33. The van der Waals surface area contributed by atoms with Gasteiger partial charge in [0.15, 0.2) is 0 Å². The average Bonchev–Trinajstić information content (AvgIpc) is 2.52. The summed E-state index contributed by atoms with van der Waals surface area (Å²) in [6, 6.07) is 9.89. The van der Waals surface area contributed by atoms with Crippen molar-refractivity contribution in [3.05, 3.63) is 35.4 Å². The lowest BCUT2D eigenvalue weighted by Crippen LogP contribution is -2.57. The maximum absolute atomic E-state index is 12.0. The molecule has 2 saturated heterocycles. The maximum Gasteiger partial charge on any atom is 0.219 e. The monoisotopic (exact) mass is 284 g/mol. The van der Waals surface area contributed by atoms with Gasteiger partial charge >= 0.3 is 0 Å². The van der Waals surface area contributed by atoms with E-state index in [9.17, 15) is 4.79 Å². The third kappa shape index (κ3) is 2.18. The molecular weight excluding hydrogens is 260 g/mol. The van der Waals surface area contributed by atoms with Crippen molar-refractivity contribution in [2.24, 2.45) is 5.92 Å². The molecule has 3 heterocycles. The molecule has 0 bridgehead atoms. The quantitative estimate of drug-likeness (QED) is 0.731. The number of carbonyl (C=O) groups is 1. The summed E-state index contributed by atoms with van der Waals surface area (Å²) in [6.07, 6.45) is 4.77. The van der Waals surface area contributed by atoms with Gasteiger partial charge in [0.2, 0.25) is 5.91 Å². The molecule has 3 nitrogen and oxygen atoms in total. The van der Waals surface area contributed by atoms with Crippen LogP contribution < -0.4 is 0 Å². The molecule has 0 saturated carbocycles. The van der Waals surface area contributed by atoms with Gasteiger partial charge in [-0.05, 0) is 42.7 Å². The SMILES string of the molecule is CC(=O)N1CCCC2CN3CCc4ccccc4C3CC21.